The molecule has 146 valence electrons. The molecule has 0 spiro atoms. The number of carbonyl (C=O) groups is 1. The molecular formula is C20H25ClN2O3S. The normalized spacial score (nSPS) is 12.5. The molecule has 2 aromatic rings. The van der Waals surface area contributed by atoms with Gasteiger partial charge >= 0.3 is 0 Å². The lowest BCUT2D eigenvalue weighted by atomic mass is 10.1. The van der Waals surface area contributed by atoms with Crippen molar-refractivity contribution in [1.82, 2.24) is 5.32 Å². The number of sulfonamides is 1. The Labute approximate surface area is 166 Å². The predicted octanol–water partition coefficient (Wildman–Crippen LogP) is 3.82. The van der Waals surface area contributed by atoms with E-state index in [9.17, 15) is 13.2 Å². The number of rotatable bonds is 7. The van der Waals surface area contributed by atoms with Gasteiger partial charge in [-0.2, -0.15) is 0 Å². The van der Waals surface area contributed by atoms with E-state index in [1.54, 1.807) is 19.1 Å². The predicted molar refractivity (Wildman–Crippen MR) is 111 cm³/mol. The molecule has 1 N–H and O–H groups in total. The highest BCUT2D eigenvalue weighted by Gasteiger charge is 2.32. The summed E-state index contributed by atoms with van der Waals surface area (Å²) in [5.41, 5.74) is 3.02. The van der Waals surface area contributed by atoms with Crippen LogP contribution in [0, 0.1) is 13.8 Å². The van der Waals surface area contributed by atoms with Crippen molar-refractivity contribution in [3.63, 3.8) is 0 Å². The maximum Gasteiger partial charge on any atom is 0.244 e. The average molecular weight is 409 g/mol. The molecule has 0 aliphatic carbocycles. The fraction of sp³-hybridized carbons (Fsp3) is 0.350. The molecular weight excluding hydrogens is 384 g/mol. The van der Waals surface area contributed by atoms with Crippen LogP contribution in [0.15, 0.2) is 42.5 Å². The second-order valence-electron chi connectivity index (χ2n) is 6.58. The molecule has 0 saturated carbocycles. The summed E-state index contributed by atoms with van der Waals surface area (Å²) in [5, 5.41) is 3.37. The third-order valence-corrected chi connectivity index (χ3v) is 5.88. The number of nitrogens with one attached hydrogen (secondary N) is 1. The molecule has 1 atom stereocenters. The number of carbonyl (C=O) groups excluding carboxylic acids is 1. The Kier molecular flexibility index (Phi) is 6.89. The van der Waals surface area contributed by atoms with Crippen LogP contribution in [0.3, 0.4) is 0 Å². The molecule has 7 heteroatoms. The van der Waals surface area contributed by atoms with Crippen LogP contribution < -0.4 is 9.62 Å². The molecule has 0 fully saturated rings. The summed E-state index contributed by atoms with van der Waals surface area (Å²) < 4.78 is 26.3. The van der Waals surface area contributed by atoms with Gasteiger partial charge in [0, 0.05) is 11.6 Å². The number of aryl methyl sites for hydroxylation is 2. The second-order valence-corrected chi connectivity index (χ2v) is 8.85. The van der Waals surface area contributed by atoms with Crippen molar-refractivity contribution < 1.29 is 13.2 Å². The molecule has 0 radical (unpaired) electrons. The van der Waals surface area contributed by atoms with E-state index in [1.807, 2.05) is 44.2 Å². The van der Waals surface area contributed by atoms with Crippen LogP contribution in [-0.4, -0.2) is 26.6 Å². The molecule has 5 nitrogen and oxygen atoms in total. The van der Waals surface area contributed by atoms with Crippen molar-refractivity contribution in [2.45, 2.75) is 39.8 Å². The van der Waals surface area contributed by atoms with E-state index < -0.39 is 16.1 Å². The van der Waals surface area contributed by atoms with E-state index in [2.05, 4.69) is 5.32 Å². The lowest BCUT2D eigenvalue weighted by Crippen LogP contribution is -2.49. The third kappa shape index (κ3) is 5.23. The number of benzene rings is 2. The Morgan fingerprint density at radius 3 is 2.44 bits per heavy atom. The first-order valence-electron chi connectivity index (χ1n) is 8.73. The standard InChI is InChI=1S/C20H25ClN2O3S/c1-5-18(20(24)22-13-16-8-6-7-9-17(16)21)23(27(4,25)26)19-12-14(2)10-11-15(19)3/h6-12,18H,5,13H2,1-4H3,(H,22,24). The van der Waals surface area contributed by atoms with Crippen LogP contribution in [0.25, 0.3) is 0 Å². The van der Waals surface area contributed by atoms with Gasteiger partial charge in [0.15, 0.2) is 0 Å². The van der Waals surface area contributed by atoms with Crippen molar-refractivity contribution in [1.29, 1.82) is 0 Å². The van der Waals surface area contributed by atoms with Crippen molar-refractivity contribution >= 4 is 33.2 Å². The highest BCUT2D eigenvalue weighted by molar-refractivity contribution is 7.92. The minimum atomic E-state index is -3.66. The number of nitrogens with zero attached hydrogens (tertiary/aromatic N) is 1. The molecule has 2 aromatic carbocycles. The zero-order valence-corrected chi connectivity index (χ0v) is 17.6. The van der Waals surface area contributed by atoms with Gasteiger partial charge in [0.1, 0.15) is 6.04 Å². The van der Waals surface area contributed by atoms with Gasteiger partial charge in [0.2, 0.25) is 15.9 Å². The zero-order valence-electron chi connectivity index (χ0n) is 16.0. The monoisotopic (exact) mass is 408 g/mol. The van der Waals surface area contributed by atoms with E-state index in [4.69, 9.17) is 11.6 Å². The first-order valence-corrected chi connectivity index (χ1v) is 11.0. The topological polar surface area (TPSA) is 66.5 Å². The lowest BCUT2D eigenvalue weighted by Gasteiger charge is -2.31. The van der Waals surface area contributed by atoms with Crippen molar-refractivity contribution in [3.05, 3.63) is 64.2 Å². The van der Waals surface area contributed by atoms with Gasteiger partial charge in [-0.3, -0.25) is 9.10 Å². The summed E-state index contributed by atoms with van der Waals surface area (Å²) in [6.45, 7) is 5.76. The van der Waals surface area contributed by atoms with Gasteiger partial charge in [-0.1, -0.05) is 48.9 Å². The molecule has 1 unspecified atom stereocenters. The Morgan fingerprint density at radius 2 is 1.85 bits per heavy atom. The number of halogens is 1. The Bertz CT molecular complexity index is 929. The van der Waals surface area contributed by atoms with Gasteiger partial charge in [0.05, 0.1) is 11.9 Å². The number of anilines is 1. The van der Waals surface area contributed by atoms with Crippen molar-refractivity contribution in [2.75, 3.05) is 10.6 Å². The lowest BCUT2D eigenvalue weighted by molar-refractivity contribution is -0.122. The van der Waals surface area contributed by atoms with Crippen LogP contribution in [0.1, 0.15) is 30.0 Å². The van der Waals surface area contributed by atoms with Gasteiger partial charge in [-0.15, -0.1) is 0 Å². The van der Waals surface area contributed by atoms with Gasteiger partial charge < -0.3 is 5.32 Å². The first kappa shape index (κ1) is 21.3. The summed E-state index contributed by atoms with van der Waals surface area (Å²) in [6.07, 6.45) is 1.47. The quantitative estimate of drug-likeness (QED) is 0.757. The fourth-order valence-electron chi connectivity index (χ4n) is 2.93. The number of hydrogen-bond acceptors (Lipinski definition) is 3. The zero-order chi connectivity index (χ0) is 20.2. The SMILES string of the molecule is CCC(C(=O)NCc1ccccc1Cl)N(c1cc(C)ccc1C)S(C)(=O)=O. The second kappa shape index (κ2) is 8.76. The summed E-state index contributed by atoms with van der Waals surface area (Å²) >= 11 is 6.13. The molecule has 0 saturated heterocycles. The summed E-state index contributed by atoms with van der Waals surface area (Å²) in [7, 11) is -3.66. The fourth-order valence-corrected chi connectivity index (χ4v) is 4.40. The molecule has 0 aliphatic heterocycles. The van der Waals surface area contributed by atoms with E-state index >= 15 is 0 Å². The van der Waals surface area contributed by atoms with Crippen LogP contribution >= 0.6 is 11.6 Å². The molecule has 0 bridgehead atoms. The van der Waals surface area contributed by atoms with E-state index in [-0.39, 0.29) is 12.5 Å². The largest absolute Gasteiger partial charge is 0.350 e. The van der Waals surface area contributed by atoms with E-state index in [0.717, 1.165) is 22.9 Å². The molecule has 0 heterocycles. The molecule has 0 aliphatic rings. The molecule has 0 aromatic heterocycles. The third-order valence-electron chi connectivity index (χ3n) is 4.34. The maximum absolute atomic E-state index is 12.9. The highest BCUT2D eigenvalue weighted by atomic mass is 35.5. The first-order chi connectivity index (χ1) is 12.6. The number of amides is 1. The van der Waals surface area contributed by atoms with Gasteiger partial charge in [0.25, 0.3) is 0 Å². The summed E-state index contributed by atoms with van der Waals surface area (Å²) in [4.78, 5) is 12.9. The molecule has 2 rings (SSSR count). The Morgan fingerprint density at radius 1 is 1.19 bits per heavy atom. The number of hydrogen-bond donors (Lipinski definition) is 1. The van der Waals surface area contributed by atoms with Crippen molar-refractivity contribution in [3.8, 4) is 0 Å². The molecule has 1 amide bonds. The minimum absolute atomic E-state index is 0.236. The molecule has 27 heavy (non-hydrogen) atoms. The Hall–Kier alpha value is -2.05. The summed E-state index contributed by atoms with van der Waals surface area (Å²) in [5.74, 6) is -0.358. The maximum atomic E-state index is 12.9. The van der Waals surface area contributed by atoms with Gasteiger partial charge in [-0.05, 0) is 49.1 Å². The van der Waals surface area contributed by atoms with Crippen LogP contribution in [0.4, 0.5) is 5.69 Å². The Balaban J connectivity index is 2.33. The average Bonchev–Trinajstić information content (AvgIpc) is 2.60. The smallest absolute Gasteiger partial charge is 0.244 e. The van der Waals surface area contributed by atoms with E-state index in [0.29, 0.717) is 17.1 Å². The van der Waals surface area contributed by atoms with Gasteiger partial charge in [-0.25, -0.2) is 8.42 Å². The van der Waals surface area contributed by atoms with E-state index in [1.165, 1.54) is 4.31 Å². The van der Waals surface area contributed by atoms with Crippen LogP contribution in [0.5, 0.6) is 0 Å². The van der Waals surface area contributed by atoms with Crippen LogP contribution in [0.2, 0.25) is 5.02 Å². The van der Waals surface area contributed by atoms with Crippen LogP contribution in [-0.2, 0) is 21.4 Å². The highest BCUT2D eigenvalue weighted by Crippen LogP contribution is 2.27. The summed E-state index contributed by atoms with van der Waals surface area (Å²) in [6, 6.07) is 11.9. The minimum Gasteiger partial charge on any atom is -0.350 e. The van der Waals surface area contributed by atoms with Crippen molar-refractivity contribution in [2.24, 2.45) is 0 Å².